The van der Waals surface area contributed by atoms with Crippen LogP contribution in [0, 0.1) is 16.0 Å². The fraction of sp³-hybridized carbons (Fsp3) is 0.562. The number of hydrogen-bond acceptors (Lipinski definition) is 7. The fourth-order valence-electron chi connectivity index (χ4n) is 3.19. The van der Waals surface area contributed by atoms with Gasteiger partial charge in [0.05, 0.1) is 19.1 Å². The maximum absolute atomic E-state index is 12.9. The van der Waals surface area contributed by atoms with Crippen LogP contribution >= 0.6 is 0 Å². The summed E-state index contributed by atoms with van der Waals surface area (Å²) in [7, 11) is -0.857. The Morgan fingerprint density at radius 3 is 2.30 bits per heavy atom. The highest BCUT2D eigenvalue weighted by atomic mass is 32.2. The summed E-state index contributed by atoms with van der Waals surface area (Å²) in [4.78, 5) is 24.2. The van der Waals surface area contributed by atoms with Crippen LogP contribution in [0.4, 0.5) is 0 Å². The smallest absolute Gasteiger partial charge is 0.243 e. The SMILES string of the molecule is COc1ccc(S(=O)(=O)N2CCN(C(=O)[C@@H]3C[C@H]3[N+](=O)[O-])CC2)cc1OC. The van der Waals surface area contributed by atoms with E-state index in [9.17, 15) is 23.3 Å². The predicted octanol–water partition coefficient (Wildman–Crippen LogP) is 0.202. The van der Waals surface area contributed by atoms with E-state index in [1.165, 1.54) is 41.6 Å². The third-order valence-electron chi connectivity index (χ3n) is 4.89. The molecule has 27 heavy (non-hydrogen) atoms. The van der Waals surface area contributed by atoms with Crippen molar-refractivity contribution in [3.05, 3.63) is 28.3 Å². The molecule has 1 saturated carbocycles. The first-order chi connectivity index (χ1) is 12.8. The molecule has 1 aromatic carbocycles. The number of sulfonamides is 1. The topological polar surface area (TPSA) is 119 Å². The maximum atomic E-state index is 12.9. The first kappa shape index (κ1) is 19.4. The van der Waals surface area contributed by atoms with Gasteiger partial charge in [-0.25, -0.2) is 8.42 Å². The molecule has 2 aliphatic rings. The highest BCUT2D eigenvalue weighted by molar-refractivity contribution is 7.89. The zero-order chi connectivity index (χ0) is 19.8. The van der Waals surface area contributed by atoms with E-state index in [0.717, 1.165) is 0 Å². The molecule has 3 rings (SSSR count). The minimum absolute atomic E-state index is 0.0792. The first-order valence-corrected chi connectivity index (χ1v) is 9.88. The van der Waals surface area contributed by atoms with E-state index in [2.05, 4.69) is 0 Å². The quantitative estimate of drug-likeness (QED) is 0.495. The van der Waals surface area contributed by atoms with Gasteiger partial charge in [0.25, 0.3) is 0 Å². The molecular formula is C16H21N3O7S. The van der Waals surface area contributed by atoms with E-state index in [-0.39, 0.29) is 43.4 Å². The zero-order valence-corrected chi connectivity index (χ0v) is 15.8. The van der Waals surface area contributed by atoms with E-state index >= 15 is 0 Å². The maximum Gasteiger partial charge on any atom is 0.243 e. The molecule has 1 heterocycles. The molecule has 0 spiro atoms. The number of benzene rings is 1. The number of piperazine rings is 1. The summed E-state index contributed by atoms with van der Waals surface area (Å²) in [6.45, 7) is 0.703. The van der Waals surface area contributed by atoms with Crippen molar-refractivity contribution in [3.8, 4) is 11.5 Å². The Kier molecular flexibility index (Phi) is 5.24. The number of carbonyl (C=O) groups is 1. The normalized spacial score (nSPS) is 23.0. The highest BCUT2D eigenvalue weighted by Gasteiger charge is 2.54. The molecule has 0 bridgehead atoms. The summed E-state index contributed by atoms with van der Waals surface area (Å²) in [5.74, 6) is -0.0996. The molecular weight excluding hydrogens is 378 g/mol. The summed E-state index contributed by atoms with van der Waals surface area (Å²) in [6.07, 6.45) is 0.260. The Morgan fingerprint density at radius 1 is 1.15 bits per heavy atom. The lowest BCUT2D eigenvalue weighted by atomic mass is 10.3. The Balaban J connectivity index is 1.66. The second-order valence-electron chi connectivity index (χ2n) is 6.44. The van der Waals surface area contributed by atoms with E-state index in [1.54, 1.807) is 0 Å². The molecule has 2 fully saturated rings. The second kappa shape index (κ2) is 7.31. The number of methoxy groups -OCH3 is 2. The van der Waals surface area contributed by atoms with Crippen molar-refractivity contribution in [2.75, 3.05) is 40.4 Å². The number of amides is 1. The largest absolute Gasteiger partial charge is 0.493 e. The first-order valence-electron chi connectivity index (χ1n) is 8.44. The van der Waals surface area contributed by atoms with Crippen LogP contribution in [-0.2, 0) is 14.8 Å². The van der Waals surface area contributed by atoms with E-state index in [0.29, 0.717) is 11.5 Å². The number of nitrogens with zero attached hydrogens (tertiary/aromatic N) is 3. The molecule has 2 atom stereocenters. The van der Waals surface area contributed by atoms with Crippen LogP contribution in [0.1, 0.15) is 6.42 Å². The summed E-state index contributed by atoms with van der Waals surface area (Å²) < 4.78 is 37.3. The van der Waals surface area contributed by atoms with Gasteiger partial charge in [-0.3, -0.25) is 14.9 Å². The summed E-state index contributed by atoms with van der Waals surface area (Å²) in [5.41, 5.74) is 0. The average Bonchev–Trinajstić information content (AvgIpc) is 3.48. The molecule has 148 valence electrons. The number of rotatable bonds is 6. The predicted molar refractivity (Wildman–Crippen MR) is 93.8 cm³/mol. The molecule has 1 amide bonds. The molecule has 1 saturated heterocycles. The van der Waals surface area contributed by atoms with E-state index < -0.39 is 26.9 Å². The lowest BCUT2D eigenvalue weighted by molar-refractivity contribution is -0.497. The summed E-state index contributed by atoms with van der Waals surface area (Å²) >= 11 is 0. The van der Waals surface area contributed by atoms with Crippen molar-refractivity contribution in [1.82, 2.24) is 9.21 Å². The van der Waals surface area contributed by atoms with Crippen LogP contribution in [0.15, 0.2) is 23.1 Å². The lowest BCUT2D eigenvalue weighted by Crippen LogP contribution is -2.51. The van der Waals surface area contributed by atoms with Gasteiger partial charge in [-0.1, -0.05) is 0 Å². The van der Waals surface area contributed by atoms with Crippen LogP contribution in [-0.4, -0.2) is 74.9 Å². The molecule has 0 aromatic heterocycles. The Bertz CT molecular complexity index is 850. The Morgan fingerprint density at radius 2 is 1.78 bits per heavy atom. The summed E-state index contributed by atoms with van der Waals surface area (Å²) in [6, 6.07) is 3.57. The van der Waals surface area contributed by atoms with Gasteiger partial charge >= 0.3 is 0 Å². The molecule has 11 heteroatoms. The standard InChI is InChI=1S/C16H21N3O7S/c1-25-14-4-3-11(9-15(14)26-2)27(23,24)18-7-5-17(6-8-18)16(20)12-10-13(12)19(21)22/h3-4,9,12-13H,5-8,10H2,1-2H3/t12-,13-/m1/s1. The van der Waals surface area contributed by atoms with Crippen LogP contribution in [0.2, 0.25) is 0 Å². The fourth-order valence-corrected chi connectivity index (χ4v) is 4.63. The van der Waals surface area contributed by atoms with Gasteiger partial charge in [-0.2, -0.15) is 4.31 Å². The van der Waals surface area contributed by atoms with E-state index in [4.69, 9.17) is 9.47 Å². The van der Waals surface area contributed by atoms with Gasteiger partial charge in [0, 0.05) is 43.6 Å². The molecule has 1 aliphatic carbocycles. The molecule has 0 N–H and O–H groups in total. The average molecular weight is 399 g/mol. The van der Waals surface area contributed by atoms with Crippen LogP contribution in [0.3, 0.4) is 0 Å². The second-order valence-corrected chi connectivity index (χ2v) is 8.38. The van der Waals surface area contributed by atoms with Gasteiger partial charge in [0.1, 0.15) is 5.92 Å². The minimum Gasteiger partial charge on any atom is -0.493 e. The number of hydrogen-bond donors (Lipinski definition) is 0. The molecule has 10 nitrogen and oxygen atoms in total. The van der Waals surface area contributed by atoms with Gasteiger partial charge < -0.3 is 14.4 Å². The van der Waals surface area contributed by atoms with Gasteiger partial charge in [0.15, 0.2) is 11.5 Å². The molecule has 0 unspecified atom stereocenters. The van der Waals surface area contributed by atoms with Crippen molar-refractivity contribution in [2.45, 2.75) is 17.4 Å². The minimum atomic E-state index is -3.75. The number of nitro groups is 1. The van der Waals surface area contributed by atoms with Gasteiger partial charge in [-0.15, -0.1) is 0 Å². The third kappa shape index (κ3) is 3.69. The van der Waals surface area contributed by atoms with Crippen LogP contribution in [0.25, 0.3) is 0 Å². The zero-order valence-electron chi connectivity index (χ0n) is 15.0. The van der Waals surface area contributed by atoms with Crippen LogP contribution in [0.5, 0.6) is 11.5 Å². The van der Waals surface area contributed by atoms with Crippen molar-refractivity contribution in [1.29, 1.82) is 0 Å². The van der Waals surface area contributed by atoms with Gasteiger partial charge in [0.2, 0.25) is 22.0 Å². The third-order valence-corrected chi connectivity index (χ3v) is 6.78. The van der Waals surface area contributed by atoms with Crippen molar-refractivity contribution < 1.29 is 27.6 Å². The number of ether oxygens (including phenoxy) is 2. The van der Waals surface area contributed by atoms with Gasteiger partial charge in [-0.05, 0) is 12.1 Å². The molecule has 1 aromatic rings. The Labute approximate surface area is 156 Å². The molecule has 1 aliphatic heterocycles. The van der Waals surface area contributed by atoms with Crippen LogP contribution < -0.4 is 9.47 Å². The summed E-state index contributed by atoms with van der Waals surface area (Å²) in [5, 5.41) is 10.7. The lowest BCUT2D eigenvalue weighted by Gasteiger charge is -2.34. The van der Waals surface area contributed by atoms with E-state index in [1.807, 2.05) is 0 Å². The molecule has 0 radical (unpaired) electrons. The Hall–Kier alpha value is -2.40. The number of carbonyl (C=O) groups excluding carboxylic acids is 1. The highest BCUT2D eigenvalue weighted by Crippen LogP contribution is 2.35. The van der Waals surface area contributed by atoms with Crippen molar-refractivity contribution in [3.63, 3.8) is 0 Å². The van der Waals surface area contributed by atoms with Crippen molar-refractivity contribution in [2.24, 2.45) is 5.92 Å². The van der Waals surface area contributed by atoms with Crippen molar-refractivity contribution >= 4 is 15.9 Å². The monoisotopic (exact) mass is 399 g/mol.